The van der Waals surface area contributed by atoms with Crippen molar-refractivity contribution in [3.8, 4) is 11.1 Å². The maximum Gasteiger partial charge on any atom is 0.407 e. The van der Waals surface area contributed by atoms with E-state index in [0.717, 1.165) is 22.3 Å². The Balaban J connectivity index is 1.72. The summed E-state index contributed by atoms with van der Waals surface area (Å²) < 4.78 is 10.3. The van der Waals surface area contributed by atoms with Crippen molar-refractivity contribution in [1.82, 2.24) is 5.32 Å². The molecule has 26 heavy (non-hydrogen) atoms. The molecule has 0 saturated carbocycles. The van der Waals surface area contributed by atoms with Gasteiger partial charge in [0.2, 0.25) is 0 Å². The summed E-state index contributed by atoms with van der Waals surface area (Å²) in [5.41, 5.74) is 4.46. The molecule has 0 heterocycles. The zero-order valence-electron chi connectivity index (χ0n) is 14.6. The van der Waals surface area contributed by atoms with Crippen LogP contribution >= 0.6 is 0 Å². The van der Waals surface area contributed by atoms with Crippen LogP contribution in [0.1, 0.15) is 24.0 Å². The van der Waals surface area contributed by atoms with Crippen LogP contribution in [0.2, 0.25) is 0 Å². The molecule has 0 aliphatic heterocycles. The second kappa shape index (κ2) is 7.58. The zero-order valence-corrected chi connectivity index (χ0v) is 14.6. The number of hydrogen-bond donors (Lipinski definition) is 2. The molecule has 0 spiro atoms. The van der Waals surface area contributed by atoms with E-state index >= 15 is 0 Å². The van der Waals surface area contributed by atoms with E-state index in [1.54, 1.807) is 6.92 Å². The van der Waals surface area contributed by atoms with Crippen LogP contribution in [0.25, 0.3) is 11.1 Å². The number of nitrogens with one attached hydrogen (secondary N) is 1. The van der Waals surface area contributed by atoms with Gasteiger partial charge in [-0.05, 0) is 29.2 Å². The Morgan fingerprint density at radius 2 is 1.62 bits per heavy atom. The van der Waals surface area contributed by atoms with E-state index in [0.29, 0.717) is 0 Å². The summed E-state index contributed by atoms with van der Waals surface area (Å²) in [7, 11) is 1.39. The van der Waals surface area contributed by atoms with E-state index in [-0.39, 0.29) is 12.5 Å². The van der Waals surface area contributed by atoms with Gasteiger partial charge in [0.05, 0.1) is 6.10 Å². The van der Waals surface area contributed by atoms with Gasteiger partial charge in [-0.2, -0.15) is 0 Å². The SMILES string of the molecule is CO[C@@H](C)[C@H](NC(=O)OCC1c2ccccc2-c2ccccc21)C(=O)O. The lowest BCUT2D eigenvalue weighted by molar-refractivity contribution is -0.142. The minimum absolute atomic E-state index is 0.0729. The first kappa shape index (κ1) is 17.9. The van der Waals surface area contributed by atoms with Crippen molar-refractivity contribution < 1.29 is 24.2 Å². The summed E-state index contributed by atoms with van der Waals surface area (Å²) in [5.74, 6) is -1.25. The average molecular weight is 355 g/mol. The molecule has 1 aliphatic rings. The number of carboxylic acid groups (broad SMARTS) is 1. The van der Waals surface area contributed by atoms with E-state index in [1.807, 2.05) is 36.4 Å². The van der Waals surface area contributed by atoms with Crippen LogP contribution < -0.4 is 5.32 Å². The number of carboxylic acids is 1. The minimum atomic E-state index is -1.17. The van der Waals surface area contributed by atoms with Crippen LogP contribution in [0.3, 0.4) is 0 Å². The van der Waals surface area contributed by atoms with Crippen LogP contribution in [-0.2, 0) is 14.3 Å². The zero-order chi connectivity index (χ0) is 18.7. The Morgan fingerprint density at radius 3 is 2.12 bits per heavy atom. The Bertz CT molecular complexity index is 774. The molecule has 2 aromatic rings. The van der Waals surface area contributed by atoms with Crippen LogP contribution in [0.4, 0.5) is 4.79 Å². The lowest BCUT2D eigenvalue weighted by Crippen LogP contribution is -2.48. The van der Waals surface area contributed by atoms with Gasteiger partial charge < -0.3 is 19.9 Å². The van der Waals surface area contributed by atoms with Crippen molar-refractivity contribution >= 4 is 12.1 Å². The predicted molar refractivity (Wildman–Crippen MR) is 96.1 cm³/mol. The van der Waals surface area contributed by atoms with Crippen molar-refractivity contribution in [3.63, 3.8) is 0 Å². The number of alkyl carbamates (subject to hydrolysis) is 1. The summed E-state index contributed by atoms with van der Waals surface area (Å²) in [6.07, 6.45) is -1.45. The smallest absolute Gasteiger partial charge is 0.407 e. The molecule has 136 valence electrons. The number of benzene rings is 2. The van der Waals surface area contributed by atoms with Gasteiger partial charge in [-0.25, -0.2) is 9.59 Å². The van der Waals surface area contributed by atoms with Gasteiger partial charge in [0.15, 0.2) is 6.04 Å². The minimum Gasteiger partial charge on any atom is -0.480 e. The van der Waals surface area contributed by atoms with E-state index in [2.05, 4.69) is 17.4 Å². The Kier molecular flexibility index (Phi) is 5.23. The predicted octanol–water partition coefficient (Wildman–Crippen LogP) is 3.01. The van der Waals surface area contributed by atoms with Crippen LogP contribution in [-0.4, -0.2) is 43.0 Å². The van der Waals surface area contributed by atoms with Crippen molar-refractivity contribution in [3.05, 3.63) is 59.7 Å². The lowest BCUT2D eigenvalue weighted by atomic mass is 9.98. The summed E-state index contributed by atoms with van der Waals surface area (Å²) in [4.78, 5) is 23.4. The number of carbonyl (C=O) groups excluding carboxylic acids is 1. The monoisotopic (exact) mass is 355 g/mol. The van der Waals surface area contributed by atoms with Gasteiger partial charge in [0.25, 0.3) is 0 Å². The molecule has 2 atom stereocenters. The number of aliphatic carboxylic acids is 1. The van der Waals surface area contributed by atoms with Gasteiger partial charge in [-0.3, -0.25) is 0 Å². The van der Waals surface area contributed by atoms with Crippen LogP contribution in [0, 0.1) is 0 Å². The largest absolute Gasteiger partial charge is 0.480 e. The number of fused-ring (bicyclic) bond motifs is 3. The number of amides is 1. The molecule has 6 nitrogen and oxygen atoms in total. The van der Waals surface area contributed by atoms with E-state index in [9.17, 15) is 14.7 Å². The molecule has 0 aromatic heterocycles. The van der Waals surface area contributed by atoms with Crippen LogP contribution in [0.15, 0.2) is 48.5 Å². The molecule has 2 aromatic carbocycles. The number of hydrogen-bond acceptors (Lipinski definition) is 4. The molecule has 0 radical (unpaired) electrons. The molecular weight excluding hydrogens is 334 g/mol. The molecular formula is C20H21NO5. The number of rotatable bonds is 6. The highest BCUT2D eigenvalue weighted by atomic mass is 16.5. The lowest BCUT2D eigenvalue weighted by Gasteiger charge is -2.21. The topological polar surface area (TPSA) is 84.9 Å². The molecule has 6 heteroatoms. The first-order chi connectivity index (χ1) is 12.5. The fourth-order valence-corrected chi connectivity index (χ4v) is 3.28. The molecule has 1 aliphatic carbocycles. The van der Waals surface area contributed by atoms with Crippen molar-refractivity contribution in [2.24, 2.45) is 0 Å². The third-order valence-corrected chi connectivity index (χ3v) is 4.72. The Labute approximate surface area is 151 Å². The third-order valence-electron chi connectivity index (χ3n) is 4.72. The summed E-state index contributed by atoms with van der Waals surface area (Å²) >= 11 is 0. The van der Waals surface area contributed by atoms with Gasteiger partial charge in [0, 0.05) is 13.0 Å². The van der Waals surface area contributed by atoms with Crippen molar-refractivity contribution in [1.29, 1.82) is 0 Å². The fraction of sp³-hybridized carbons (Fsp3) is 0.300. The quantitative estimate of drug-likeness (QED) is 0.832. The molecule has 1 amide bonds. The summed E-state index contributed by atoms with van der Waals surface area (Å²) in [5, 5.41) is 11.6. The molecule has 0 saturated heterocycles. The average Bonchev–Trinajstić information content (AvgIpc) is 2.97. The third kappa shape index (κ3) is 3.41. The molecule has 0 fully saturated rings. The van der Waals surface area contributed by atoms with E-state index < -0.39 is 24.2 Å². The van der Waals surface area contributed by atoms with E-state index in [4.69, 9.17) is 9.47 Å². The highest BCUT2D eigenvalue weighted by molar-refractivity contribution is 5.81. The van der Waals surface area contributed by atoms with Gasteiger partial charge in [-0.1, -0.05) is 48.5 Å². The van der Waals surface area contributed by atoms with Gasteiger partial charge >= 0.3 is 12.1 Å². The Morgan fingerprint density at radius 1 is 1.08 bits per heavy atom. The Hall–Kier alpha value is -2.86. The highest BCUT2D eigenvalue weighted by Gasteiger charge is 2.31. The van der Waals surface area contributed by atoms with Crippen molar-refractivity contribution in [2.45, 2.75) is 25.0 Å². The first-order valence-electron chi connectivity index (χ1n) is 8.40. The van der Waals surface area contributed by atoms with Gasteiger partial charge in [-0.15, -0.1) is 0 Å². The normalized spacial score (nSPS) is 14.8. The summed E-state index contributed by atoms with van der Waals surface area (Å²) in [6, 6.07) is 14.9. The first-order valence-corrected chi connectivity index (χ1v) is 8.40. The molecule has 0 bridgehead atoms. The van der Waals surface area contributed by atoms with Gasteiger partial charge in [0.1, 0.15) is 6.61 Å². The van der Waals surface area contributed by atoms with E-state index in [1.165, 1.54) is 7.11 Å². The molecule has 0 unspecified atom stereocenters. The molecule has 3 rings (SSSR count). The number of carbonyl (C=O) groups is 2. The maximum atomic E-state index is 12.1. The fourth-order valence-electron chi connectivity index (χ4n) is 3.28. The van der Waals surface area contributed by atoms with Crippen molar-refractivity contribution in [2.75, 3.05) is 13.7 Å². The standard InChI is InChI=1S/C20H21NO5/c1-12(25-2)18(19(22)23)21-20(24)26-11-17-15-9-5-3-7-13(15)14-8-4-6-10-16(14)17/h3-10,12,17-18H,11H2,1-2H3,(H,21,24)(H,22,23)/t12-,18-/m0/s1. The number of ether oxygens (including phenoxy) is 2. The summed E-state index contributed by atoms with van der Waals surface area (Å²) in [6.45, 7) is 1.70. The second-order valence-corrected chi connectivity index (χ2v) is 6.23. The highest BCUT2D eigenvalue weighted by Crippen LogP contribution is 2.44. The number of methoxy groups -OCH3 is 1. The molecule has 2 N–H and O–H groups in total. The van der Waals surface area contributed by atoms with Crippen LogP contribution in [0.5, 0.6) is 0 Å². The second-order valence-electron chi connectivity index (χ2n) is 6.23. The maximum absolute atomic E-state index is 12.1.